The fourth-order valence-electron chi connectivity index (χ4n) is 4.91. The van der Waals surface area contributed by atoms with Crippen molar-refractivity contribution in [2.75, 3.05) is 0 Å². The minimum absolute atomic E-state index is 1.74. The summed E-state index contributed by atoms with van der Waals surface area (Å²) in [5, 5.41) is -10.2. The van der Waals surface area contributed by atoms with E-state index in [1.165, 1.54) is 0 Å². The van der Waals surface area contributed by atoms with Crippen LogP contribution in [0.5, 0.6) is 0 Å². The van der Waals surface area contributed by atoms with Crippen molar-refractivity contribution in [3.8, 4) is 0 Å². The summed E-state index contributed by atoms with van der Waals surface area (Å²) in [7, 11) is -1.74. The van der Waals surface area contributed by atoms with Crippen molar-refractivity contribution in [2.45, 2.75) is 23.3 Å². The second kappa shape index (κ2) is 9.30. The zero-order chi connectivity index (χ0) is 34.3. The summed E-state index contributed by atoms with van der Waals surface area (Å²) in [5.74, 6) is -62.9. The van der Waals surface area contributed by atoms with Gasteiger partial charge >= 0.3 is 17.8 Å². The smallest absolute Gasteiger partial charge is 0.242 e. The summed E-state index contributed by atoms with van der Waals surface area (Å²) < 4.78 is 292. The van der Waals surface area contributed by atoms with E-state index in [0.29, 0.717) is 0 Å². The molecule has 0 N–H and O–H groups in total. The van der Waals surface area contributed by atoms with Crippen LogP contribution in [0.25, 0.3) is 21.5 Å². The highest BCUT2D eigenvalue weighted by molar-refractivity contribution is 6.60. The van der Waals surface area contributed by atoms with E-state index in [-0.39, 0.29) is 0 Å². The first-order chi connectivity index (χ1) is 20.4. The summed E-state index contributed by atoms with van der Waals surface area (Å²) in [6.45, 7) is 0. The molecule has 0 fully saturated rings. The number of benzene rings is 4. The Hall–Kier alpha value is -3.94. The molecule has 21 heteroatoms. The fourth-order valence-corrected chi connectivity index (χ4v) is 4.91. The molecule has 1 aliphatic carbocycles. The van der Waals surface area contributed by atoms with Crippen molar-refractivity contribution < 1.29 is 87.8 Å². The predicted octanol–water partition coefficient (Wildman–Crippen LogP) is 8.33. The number of alkyl halides is 7. The van der Waals surface area contributed by atoms with Crippen LogP contribution in [-0.2, 0) is 11.5 Å². The average molecular weight is 679 g/mol. The Bertz CT molecular complexity index is 2020. The van der Waals surface area contributed by atoms with Crippen LogP contribution >= 0.6 is 0 Å². The molecule has 1 unspecified atom stereocenters. The molecule has 5 rings (SSSR count). The van der Waals surface area contributed by atoms with E-state index < -0.39 is 144 Å². The lowest BCUT2D eigenvalue weighted by atomic mass is 9.47. The molecule has 0 saturated carbocycles. The summed E-state index contributed by atoms with van der Waals surface area (Å²) >= 11 is 0. The SMILES string of the molecule is Fc1c(F)c(F)c2c(c1F)C(F)(F)C(F)(F)C(F)(F)C2(F)[B]c1c(F)c(F)c(F)c2c(F)c3c(F)c(F)c(F)c(F)c3c(F)c12. The maximum absolute atomic E-state index is 16.2. The van der Waals surface area contributed by atoms with Crippen molar-refractivity contribution in [2.24, 2.45) is 0 Å². The molecular weight excluding hydrogens is 679 g/mol. The van der Waals surface area contributed by atoms with Crippen LogP contribution in [0.4, 0.5) is 87.8 Å². The standard InChI is InChI=1S/C24BF20/c26-8-1-2(9(27)4-3(8)11(29)17(35)18(36)12(4)30)10(28)16(34)15(33)7(1)25-21(39)5-6(14(32)20(38)19(37)13(5)31)22(40,41)24(44,45)23(21,42)43. The minimum atomic E-state index is -7.37. The first-order valence-electron chi connectivity index (χ1n) is 11.1. The average Bonchev–Trinajstić information content (AvgIpc) is 2.96. The van der Waals surface area contributed by atoms with Gasteiger partial charge < -0.3 is 0 Å². The van der Waals surface area contributed by atoms with Gasteiger partial charge in [0.05, 0.1) is 21.7 Å². The van der Waals surface area contributed by atoms with Crippen molar-refractivity contribution in [1.29, 1.82) is 0 Å². The molecule has 0 saturated heterocycles. The lowest BCUT2D eigenvalue weighted by Gasteiger charge is -2.47. The van der Waals surface area contributed by atoms with Crippen LogP contribution in [0.3, 0.4) is 0 Å². The number of hydrogen-bond donors (Lipinski definition) is 0. The van der Waals surface area contributed by atoms with E-state index in [4.69, 9.17) is 0 Å². The van der Waals surface area contributed by atoms with Gasteiger partial charge in [0, 0.05) is 10.9 Å². The Morgan fingerprint density at radius 2 is 0.644 bits per heavy atom. The van der Waals surface area contributed by atoms with E-state index >= 15 is 13.2 Å². The maximum atomic E-state index is 16.2. The topological polar surface area (TPSA) is 0 Å². The number of halogens is 20. The van der Waals surface area contributed by atoms with Gasteiger partial charge in [0.1, 0.15) is 11.6 Å². The third-order valence-electron chi connectivity index (χ3n) is 7.04. The van der Waals surface area contributed by atoms with Crippen LogP contribution in [-0.4, -0.2) is 19.1 Å². The zero-order valence-corrected chi connectivity index (χ0v) is 20.1. The highest BCUT2D eigenvalue weighted by Gasteiger charge is 2.85. The molecule has 0 aromatic heterocycles. The van der Waals surface area contributed by atoms with Crippen LogP contribution < -0.4 is 5.46 Å². The molecule has 1 radical (unpaired) electrons. The molecule has 4 aromatic carbocycles. The van der Waals surface area contributed by atoms with Crippen LogP contribution in [0.2, 0.25) is 0 Å². The quantitative estimate of drug-likeness (QED) is 0.0658. The van der Waals surface area contributed by atoms with Gasteiger partial charge in [-0.15, -0.1) is 0 Å². The monoisotopic (exact) mass is 679 g/mol. The molecule has 0 spiro atoms. The van der Waals surface area contributed by atoms with Gasteiger partial charge in [-0.05, 0) is 5.46 Å². The van der Waals surface area contributed by atoms with E-state index in [9.17, 15) is 74.6 Å². The Morgan fingerprint density at radius 1 is 0.311 bits per heavy atom. The Labute approximate surface area is 233 Å². The Kier molecular flexibility index (Phi) is 6.71. The van der Waals surface area contributed by atoms with Crippen LogP contribution in [0.1, 0.15) is 11.1 Å². The minimum Gasteiger partial charge on any atom is -0.242 e. The third-order valence-corrected chi connectivity index (χ3v) is 7.04. The Morgan fingerprint density at radius 3 is 1.09 bits per heavy atom. The van der Waals surface area contributed by atoms with Crippen LogP contribution in [0, 0.1) is 75.6 Å². The van der Waals surface area contributed by atoms with Crippen molar-refractivity contribution >= 4 is 34.3 Å². The summed E-state index contributed by atoms with van der Waals surface area (Å²) in [6.07, 6.45) is 0. The highest BCUT2D eigenvalue weighted by Crippen LogP contribution is 2.65. The predicted molar refractivity (Wildman–Crippen MR) is 109 cm³/mol. The van der Waals surface area contributed by atoms with Gasteiger partial charge in [0.15, 0.2) is 69.6 Å². The molecule has 0 bridgehead atoms. The first-order valence-corrected chi connectivity index (χ1v) is 11.1. The van der Waals surface area contributed by atoms with E-state index in [1.54, 1.807) is 0 Å². The largest absolute Gasteiger partial charge is 0.379 e. The van der Waals surface area contributed by atoms with E-state index in [2.05, 4.69) is 0 Å². The summed E-state index contributed by atoms with van der Waals surface area (Å²) in [5.41, 5.74) is -16.6. The fraction of sp³-hybridized carbons (Fsp3) is 0.167. The molecular formula is C24BF20. The van der Waals surface area contributed by atoms with Gasteiger partial charge in [-0.3, -0.25) is 0 Å². The van der Waals surface area contributed by atoms with Gasteiger partial charge in [-0.25, -0.2) is 61.5 Å². The number of hydrogen-bond acceptors (Lipinski definition) is 0. The third kappa shape index (κ3) is 3.54. The van der Waals surface area contributed by atoms with Crippen molar-refractivity contribution in [3.63, 3.8) is 0 Å². The van der Waals surface area contributed by atoms with E-state index in [0.717, 1.165) is 0 Å². The van der Waals surface area contributed by atoms with Crippen molar-refractivity contribution in [3.05, 3.63) is 86.8 Å². The van der Waals surface area contributed by atoms with Gasteiger partial charge in [-0.1, -0.05) is 0 Å². The highest BCUT2D eigenvalue weighted by atomic mass is 19.3. The van der Waals surface area contributed by atoms with Crippen molar-refractivity contribution in [1.82, 2.24) is 0 Å². The second-order valence-corrected chi connectivity index (χ2v) is 9.32. The lowest BCUT2D eigenvalue weighted by Crippen LogP contribution is -2.69. The molecule has 0 aliphatic heterocycles. The normalized spacial score (nSPS) is 20.2. The van der Waals surface area contributed by atoms with Gasteiger partial charge in [0.25, 0.3) is 0 Å². The molecule has 1 atom stereocenters. The molecule has 1 aliphatic rings. The molecule has 45 heavy (non-hydrogen) atoms. The Balaban J connectivity index is 2.03. The van der Waals surface area contributed by atoms with Gasteiger partial charge in [-0.2, -0.15) is 26.3 Å². The zero-order valence-electron chi connectivity index (χ0n) is 20.1. The summed E-state index contributed by atoms with van der Waals surface area (Å²) in [4.78, 5) is 0. The van der Waals surface area contributed by atoms with Crippen LogP contribution in [0.15, 0.2) is 0 Å². The number of rotatable bonds is 2. The number of fused-ring (bicyclic) bond motifs is 3. The molecule has 0 nitrogen and oxygen atoms in total. The van der Waals surface area contributed by atoms with Gasteiger partial charge in [0.2, 0.25) is 7.28 Å². The molecule has 4 aromatic rings. The molecule has 0 heterocycles. The summed E-state index contributed by atoms with van der Waals surface area (Å²) in [6, 6.07) is 0. The van der Waals surface area contributed by atoms with E-state index in [1.807, 2.05) is 0 Å². The second-order valence-electron chi connectivity index (χ2n) is 9.32. The lowest BCUT2D eigenvalue weighted by molar-refractivity contribution is -0.351. The molecule has 0 amide bonds. The maximum Gasteiger partial charge on any atom is 0.379 e. The molecule has 239 valence electrons. The first kappa shape index (κ1) is 32.5.